The molecule has 102 valence electrons. The average molecular weight is 243 g/mol. The molecule has 0 bridgehead atoms. The van der Waals surface area contributed by atoms with Crippen molar-refractivity contribution in [3.63, 3.8) is 0 Å². The third-order valence-corrected chi connectivity index (χ3v) is 3.40. The molecular formula is C14H29NO2. The van der Waals surface area contributed by atoms with Gasteiger partial charge in [-0.1, -0.05) is 19.8 Å². The summed E-state index contributed by atoms with van der Waals surface area (Å²) < 4.78 is 5.83. The molecule has 3 heteroatoms. The van der Waals surface area contributed by atoms with Crippen molar-refractivity contribution in [3.05, 3.63) is 0 Å². The number of hydrogen-bond donors (Lipinski definition) is 1. The van der Waals surface area contributed by atoms with E-state index in [0.29, 0.717) is 12.7 Å². The molecule has 1 saturated heterocycles. The molecular weight excluding hydrogens is 214 g/mol. The van der Waals surface area contributed by atoms with Crippen LogP contribution in [0.1, 0.15) is 51.9 Å². The van der Waals surface area contributed by atoms with E-state index in [1.54, 1.807) is 0 Å². The zero-order chi connectivity index (χ0) is 12.3. The maximum atomic E-state index is 8.70. The van der Waals surface area contributed by atoms with Gasteiger partial charge in [-0.05, 0) is 45.2 Å². The molecule has 0 aromatic heterocycles. The number of rotatable bonds is 9. The van der Waals surface area contributed by atoms with Crippen LogP contribution in [0.25, 0.3) is 0 Å². The first-order valence-electron chi connectivity index (χ1n) is 7.31. The number of nitrogens with zero attached hydrogens (tertiary/aromatic N) is 1. The molecule has 0 aromatic rings. The van der Waals surface area contributed by atoms with Crippen molar-refractivity contribution in [2.24, 2.45) is 0 Å². The van der Waals surface area contributed by atoms with E-state index in [9.17, 15) is 0 Å². The minimum Gasteiger partial charge on any atom is -0.396 e. The van der Waals surface area contributed by atoms with Gasteiger partial charge in [0.25, 0.3) is 0 Å². The molecule has 3 nitrogen and oxygen atoms in total. The van der Waals surface area contributed by atoms with E-state index in [2.05, 4.69) is 11.8 Å². The Hall–Kier alpha value is -0.120. The SMILES string of the molecule is CCCOC1CCCN(CCCCCCO)C1. The van der Waals surface area contributed by atoms with Crippen molar-refractivity contribution >= 4 is 0 Å². The zero-order valence-electron chi connectivity index (χ0n) is 11.4. The maximum absolute atomic E-state index is 8.70. The predicted molar refractivity (Wildman–Crippen MR) is 71.3 cm³/mol. The van der Waals surface area contributed by atoms with Gasteiger partial charge >= 0.3 is 0 Å². The van der Waals surface area contributed by atoms with Crippen LogP contribution in [0, 0.1) is 0 Å². The van der Waals surface area contributed by atoms with Gasteiger partial charge in [0.05, 0.1) is 6.10 Å². The normalized spacial score (nSPS) is 21.9. The average Bonchev–Trinajstić information content (AvgIpc) is 2.37. The fraction of sp³-hybridized carbons (Fsp3) is 1.00. The Bertz CT molecular complexity index is 176. The lowest BCUT2D eigenvalue weighted by Gasteiger charge is -2.32. The molecule has 1 heterocycles. The Morgan fingerprint density at radius 3 is 2.82 bits per heavy atom. The number of ether oxygens (including phenoxy) is 1. The van der Waals surface area contributed by atoms with E-state index in [4.69, 9.17) is 9.84 Å². The number of piperidine rings is 1. The van der Waals surface area contributed by atoms with Crippen LogP contribution in [-0.2, 0) is 4.74 Å². The molecule has 0 aliphatic carbocycles. The van der Waals surface area contributed by atoms with E-state index in [0.717, 1.165) is 26.0 Å². The first-order chi connectivity index (χ1) is 8.36. The molecule has 1 aliphatic heterocycles. The summed E-state index contributed by atoms with van der Waals surface area (Å²) in [5.41, 5.74) is 0. The molecule has 0 saturated carbocycles. The van der Waals surface area contributed by atoms with E-state index < -0.39 is 0 Å². The first-order valence-corrected chi connectivity index (χ1v) is 7.31. The van der Waals surface area contributed by atoms with Crippen molar-refractivity contribution < 1.29 is 9.84 Å². The molecule has 0 aromatic carbocycles. The topological polar surface area (TPSA) is 32.7 Å². The summed E-state index contributed by atoms with van der Waals surface area (Å²) in [4.78, 5) is 2.54. The summed E-state index contributed by atoms with van der Waals surface area (Å²) >= 11 is 0. The number of aliphatic hydroxyl groups is 1. The number of unbranched alkanes of at least 4 members (excludes halogenated alkanes) is 3. The van der Waals surface area contributed by atoms with Gasteiger partial charge in [-0.2, -0.15) is 0 Å². The van der Waals surface area contributed by atoms with Crippen molar-refractivity contribution in [2.45, 2.75) is 58.0 Å². The Kier molecular flexibility index (Phi) is 8.67. The van der Waals surface area contributed by atoms with Crippen molar-refractivity contribution in [3.8, 4) is 0 Å². The van der Waals surface area contributed by atoms with Gasteiger partial charge in [-0.15, -0.1) is 0 Å². The molecule has 0 spiro atoms. The summed E-state index contributed by atoms with van der Waals surface area (Å²) in [6.45, 7) is 7.00. The predicted octanol–water partition coefficient (Wildman–Crippen LogP) is 2.43. The van der Waals surface area contributed by atoms with E-state index in [-0.39, 0.29) is 0 Å². The van der Waals surface area contributed by atoms with E-state index in [1.807, 2.05) is 0 Å². The largest absolute Gasteiger partial charge is 0.396 e. The summed E-state index contributed by atoms with van der Waals surface area (Å²) in [6.07, 6.45) is 8.76. The van der Waals surface area contributed by atoms with Crippen molar-refractivity contribution in [1.82, 2.24) is 4.90 Å². The minimum absolute atomic E-state index is 0.344. The standard InChI is InChI=1S/C14H29NO2/c1-2-12-17-14-8-7-10-15(13-14)9-5-3-4-6-11-16/h14,16H,2-13H2,1H3. The van der Waals surface area contributed by atoms with Gasteiger partial charge in [0.1, 0.15) is 0 Å². The second kappa shape index (κ2) is 9.86. The van der Waals surface area contributed by atoms with Crippen LogP contribution in [-0.4, -0.2) is 49.0 Å². The summed E-state index contributed by atoms with van der Waals surface area (Å²) in [6, 6.07) is 0. The van der Waals surface area contributed by atoms with Gasteiger partial charge in [0.2, 0.25) is 0 Å². The Morgan fingerprint density at radius 1 is 1.24 bits per heavy atom. The van der Waals surface area contributed by atoms with Gasteiger partial charge in [0, 0.05) is 19.8 Å². The quantitative estimate of drug-likeness (QED) is 0.631. The number of likely N-dealkylation sites (tertiary alicyclic amines) is 1. The van der Waals surface area contributed by atoms with Crippen LogP contribution in [0.2, 0.25) is 0 Å². The molecule has 1 atom stereocenters. The van der Waals surface area contributed by atoms with Crippen LogP contribution in [0.3, 0.4) is 0 Å². The Balaban J connectivity index is 2.03. The summed E-state index contributed by atoms with van der Waals surface area (Å²) in [5.74, 6) is 0. The van der Waals surface area contributed by atoms with Crippen molar-refractivity contribution in [1.29, 1.82) is 0 Å². The van der Waals surface area contributed by atoms with E-state index >= 15 is 0 Å². The second-order valence-electron chi connectivity index (χ2n) is 5.07. The highest BCUT2D eigenvalue weighted by Gasteiger charge is 2.19. The molecule has 1 aliphatic rings. The number of hydrogen-bond acceptors (Lipinski definition) is 3. The summed E-state index contributed by atoms with van der Waals surface area (Å²) in [7, 11) is 0. The Morgan fingerprint density at radius 2 is 2.06 bits per heavy atom. The second-order valence-corrected chi connectivity index (χ2v) is 5.07. The van der Waals surface area contributed by atoms with Gasteiger partial charge in [-0.3, -0.25) is 0 Å². The van der Waals surface area contributed by atoms with Crippen molar-refractivity contribution in [2.75, 3.05) is 32.8 Å². The molecule has 1 N–H and O–H groups in total. The fourth-order valence-corrected chi connectivity index (χ4v) is 2.44. The minimum atomic E-state index is 0.344. The third-order valence-electron chi connectivity index (χ3n) is 3.40. The van der Waals surface area contributed by atoms with Crippen LogP contribution in [0.5, 0.6) is 0 Å². The lowest BCUT2D eigenvalue weighted by Crippen LogP contribution is -2.40. The first kappa shape index (κ1) is 14.9. The van der Waals surface area contributed by atoms with Gasteiger partial charge < -0.3 is 14.7 Å². The lowest BCUT2D eigenvalue weighted by molar-refractivity contribution is -0.000372. The Labute approximate surface area is 106 Å². The van der Waals surface area contributed by atoms with Gasteiger partial charge in [0.15, 0.2) is 0 Å². The van der Waals surface area contributed by atoms with Crippen LogP contribution >= 0.6 is 0 Å². The molecule has 1 unspecified atom stereocenters. The molecule has 0 radical (unpaired) electrons. The maximum Gasteiger partial charge on any atom is 0.0702 e. The lowest BCUT2D eigenvalue weighted by atomic mass is 10.1. The van der Waals surface area contributed by atoms with Crippen LogP contribution in [0.4, 0.5) is 0 Å². The van der Waals surface area contributed by atoms with E-state index in [1.165, 1.54) is 45.2 Å². The highest BCUT2D eigenvalue weighted by atomic mass is 16.5. The highest BCUT2D eigenvalue weighted by Crippen LogP contribution is 2.14. The molecule has 0 amide bonds. The number of aliphatic hydroxyl groups excluding tert-OH is 1. The van der Waals surface area contributed by atoms with Gasteiger partial charge in [-0.25, -0.2) is 0 Å². The van der Waals surface area contributed by atoms with Crippen LogP contribution in [0.15, 0.2) is 0 Å². The molecule has 1 rings (SSSR count). The fourth-order valence-electron chi connectivity index (χ4n) is 2.44. The summed E-state index contributed by atoms with van der Waals surface area (Å²) in [5, 5.41) is 8.70. The van der Waals surface area contributed by atoms with Crippen LogP contribution < -0.4 is 0 Å². The monoisotopic (exact) mass is 243 g/mol. The third kappa shape index (κ3) is 7.02. The molecule has 17 heavy (non-hydrogen) atoms. The zero-order valence-corrected chi connectivity index (χ0v) is 11.4. The molecule has 1 fully saturated rings. The smallest absolute Gasteiger partial charge is 0.0702 e. The highest BCUT2D eigenvalue weighted by molar-refractivity contribution is 4.73.